The summed E-state index contributed by atoms with van der Waals surface area (Å²) in [4.78, 5) is 44.2. The first kappa shape index (κ1) is 28.2. The van der Waals surface area contributed by atoms with E-state index in [1.54, 1.807) is 16.9 Å². The summed E-state index contributed by atoms with van der Waals surface area (Å²) in [5, 5.41) is 10.2. The van der Waals surface area contributed by atoms with Crippen molar-refractivity contribution in [3.63, 3.8) is 0 Å². The van der Waals surface area contributed by atoms with E-state index in [9.17, 15) is 19.5 Å². The quantitative estimate of drug-likeness (QED) is 0.518. The summed E-state index contributed by atoms with van der Waals surface area (Å²) in [5.41, 5.74) is 0.755. The number of methoxy groups -OCH3 is 1. The number of carbonyl (C=O) groups excluding carboxylic acids is 2. The van der Waals surface area contributed by atoms with Crippen LogP contribution >= 0.6 is 11.3 Å². The summed E-state index contributed by atoms with van der Waals surface area (Å²) < 4.78 is 5.19. The van der Waals surface area contributed by atoms with Gasteiger partial charge in [0.1, 0.15) is 10.9 Å². The fraction of sp³-hybridized carbons (Fsp3) is 0.679. The molecule has 1 aliphatic carbocycles. The Hall–Kier alpha value is -2.37. The number of likely N-dealkylation sites (tertiary alicyclic amines) is 1. The fourth-order valence-electron chi connectivity index (χ4n) is 5.01. The number of hydrogen-bond donors (Lipinski definition) is 1. The Bertz CT molecular complexity index is 1040. The second kappa shape index (κ2) is 11.8. The lowest BCUT2D eigenvalue weighted by atomic mass is 9.81. The summed E-state index contributed by atoms with van der Waals surface area (Å²) in [7, 11) is 1.60. The fourth-order valence-corrected chi connectivity index (χ4v) is 6.00. The molecule has 1 aromatic rings. The molecule has 7 nitrogen and oxygen atoms in total. The Kier molecular flexibility index (Phi) is 9.23. The van der Waals surface area contributed by atoms with Gasteiger partial charge in [-0.1, -0.05) is 18.8 Å². The molecular weight excluding hydrogens is 476 g/mol. The number of thiophene rings is 1. The highest BCUT2D eigenvalue weighted by Crippen LogP contribution is 2.40. The van der Waals surface area contributed by atoms with Crippen LogP contribution in [0, 0.1) is 36.0 Å². The van der Waals surface area contributed by atoms with E-state index >= 15 is 0 Å². The van der Waals surface area contributed by atoms with E-state index in [4.69, 9.17) is 4.74 Å². The first-order valence-corrected chi connectivity index (χ1v) is 13.8. The predicted octanol–water partition coefficient (Wildman–Crippen LogP) is 4.95. The minimum atomic E-state index is -1.10. The molecule has 3 rings (SSSR count). The van der Waals surface area contributed by atoms with Gasteiger partial charge < -0.3 is 14.7 Å². The molecule has 1 aliphatic heterocycles. The third kappa shape index (κ3) is 6.49. The molecule has 0 radical (unpaired) electrons. The highest BCUT2D eigenvalue weighted by atomic mass is 32.1. The van der Waals surface area contributed by atoms with Gasteiger partial charge in [-0.25, -0.2) is 4.79 Å². The van der Waals surface area contributed by atoms with E-state index in [2.05, 4.69) is 18.8 Å². The van der Waals surface area contributed by atoms with Crippen molar-refractivity contribution in [1.29, 1.82) is 0 Å². The normalized spacial score (nSPS) is 22.7. The van der Waals surface area contributed by atoms with Crippen LogP contribution in [0.2, 0.25) is 0 Å². The van der Waals surface area contributed by atoms with Crippen molar-refractivity contribution in [1.82, 2.24) is 4.90 Å². The Labute approximate surface area is 219 Å². The zero-order chi connectivity index (χ0) is 26.6. The minimum absolute atomic E-state index is 0.0741. The maximum Gasteiger partial charge on any atom is 0.348 e. The first-order chi connectivity index (χ1) is 16.9. The molecule has 0 spiro atoms. The molecule has 2 aliphatic rings. The second-order valence-corrected chi connectivity index (χ2v) is 12.2. The van der Waals surface area contributed by atoms with Crippen LogP contribution in [0.25, 0.3) is 0 Å². The molecule has 1 N–H and O–H groups in total. The Balaban J connectivity index is 2.12. The van der Waals surface area contributed by atoms with E-state index in [-0.39, 0.29) is 28.0 Å². The summed E-state index contributed by atoms with van der Waals surface area (Å²) >= 11 is 1.10. The molecule has 1 aromatic heterocycles. The van der Waals surface area contributed by atoms with Crippen molar-refractivity contribution in [2.45, 2.75) is 79.2 Å². The SMILES string of the molecule is COCCN1CCCC(N(C(=O)C2CCC(C)CC2)c2c(C(=O)O)sc(C#CC(C)(C)C)c2C)C1=O. The van der Waals surface area contributed by atoms with E-state index < -0.39 is 12.0 Å². The van der Waals surface area contributed by atoms with Crippen LogP contribution in [-0.4, -0.2) is 60.6 Å². The van der Waals surface area contributed by atoms with Gasteiger partial charge in [-0.3, -0.25) is 14.5 Å². The average Bonchev–Trinajstić information content (AvgIpc) is 3.14. The molecule has 1 saturated heterocycles. The van der Waals surface area contributed by atoms with Crippen LogP contribution in [0.15, 0.2) is 0 Å². The van der Waals surface area contributed by atoms with Crippen molar-refractivity contribution in [3.8, 4) is 11.8 Å². The minimum Gasteiger partial charge on any atom is -0.477 e. The van der Waals surface area contributed by atoms with E-state index in [1.165, 1.54) is 0 Å². The Morgan fingerprint density at radius 1 is 1.19 bits per heavy atom. The van der Waals surface area contributed by atoms with Gasteiger partial charge in [-0.15, -0.1) is 11.3 Å². The van der Waals surface area contributed by atoms with Gasteiger partial charge in [0.15, 0.2) is 0 Å². The number of carboxylic acids is 1. The zero-order valence-electron chi connectivity index (χ0n) is 22.5. The number of nitrogens with zero attached hydrogens (tertiary/aromatic N) is 2. The Morgan fingerprint density at radius 3 is 2.44 bits per heavy atom. The zero-order valence-corrected chi connectivity index (χ0v) is 23.3. The summed E-state index contributed by atoms with van der Waals surface area (Å²) in [6, 6.07) is -0.725. The highest BCUT2D eigenvalue weighted by molar-refractivity contribution is 7.15. The van der Waals surface area contributed by atoms with Crippen LogP contribution in [0.4, 0.5) is 5.69 Å². The second-order valence-electron chi connectivity index (χ2n) is 11.2. The number of rotatable bonds is 7. The molecular formula is C28H40N2O5S. The van der Waals surface area contributed by atoms with Crippen LogP contribution in [0.5, 0.6) is 0 Å². The topological polar surface area (TPSA) is 87.2 Å². The van der Waals surface area contributed by atoms with Crippen molar-refractivity contribution in [2.75, 3.05) is 31.7 Å². The number of piperidine rings is 1. The molecule has 36 heavy (non-hydrogen) atoms. The van der Waals surface area contributed by atoms with Gasteiger partial charge in [0.2, 0.25) is 11.8 Å². The van der Waals surface area contributed by atoms with Gasteiger partial charge in [0.25, 0.3) is 0 Å². The molecule has 2 amide bonds. The Morgan fingerprint density at radius 2 is 1.86 bits per heavy atom. The van der Waals surface area contributed by atoms with Crippen LogP contribution in [-0.2, 0) is 14.3 Å². The third-order valence-corrected chi connectivity index (χ3v) is 8.27. The molecule has 1 unspecified atom stereocenters. The summed E-state index contributed by atoms with van der Waals surface area (Å²) in [6.45, 7) is 11.5. The number of amides is 2. The standard InChI is InChI=1S/C28H40N2O5S/c1-18-9-11-20(12-10-18)25(31)30(21-8-7-15-29(26(21)32)16-17-35-6)23-19(2)22(13-14-28(3,4)5)36-24(23)27(33)34/h18,20-21H,7-12,15-17H2,1-6H3,(H,33,34). The van der Waals surface area contributed by atoms with E-state index in [1.807, 2.05) is 27.7 Å². The molecule has 2 fully saturated rings. The number of carboxylic acid groups (broad SMARTS) is 1. The number of anilines is 1. The van der Waals surface area contributed by atoms with Crippen LogP contribution in [0.3, 0.4) is 0 Å². The lowest BCUT2D eigenvalue weighted by Crippen LogP contribution is -2.56. The van der Waals surface area contributed by atoms with Crippen molar-refractivity contribution >= 4 is 34.8 Å². The summed E-state index contributed by atoms with van der Waals surface area (Å²) in [6.07, 6.45) is 4.68. The van der Waals surface area contributed by atoms with Gasteiger partial charge in [0.05, 0.1) is 17.2 Å². The monoisotopic (exact) mass is 516 g/mol. The van der Waals surface area contributed by atoms with Crippen LogP contribution < -0.4 is 4.90 Å². The van der Waals surface area contributed by atoms with Gasteiger partial charge in [-0.2, -0.15) is 0 Å². The highest BCUT2D eigenvalue weighted by Gasteiger charge is 2.42. The molecule has 0 aromatic carbocycles. The molecule has 8 heteroatoms. The molecule has 1 saturated carbocycles. The number of hydrogen-bond acceptors (Lipinski definition) is 5. The van der Waals surface area contributed by atoms with E-state index in [0.29, 0.717) is 48.2 Å². The third-order valence-electron chi connectivity index (χ3n) is 7.08. The van der Waals surface area contributed by atoms with Crippen molar-refractivity contribution in [2.24, 2.45) is 17.3 Å². The maximum atomic E-state index is 14.1. The van der Waals surface area contributed by atoms with Crippen LogP contribution in [0.1, 0.15) is 86.3 Å². The number of carbonyl (C=O) groups is 3. The molecule has 0 bridgehead atoms. The smallest absolute Gasteiger partial charge is 0.348 e. The lowest BCUT2D eigenvalue weighted by molar-refractivity contribution is -0.138. The molecule has 1 atom stereocenters. The summed E-state index contributed by atoms with van der Waals surface area (Å²) in [5.74, 6) is 5.33. The lowest BCUT2D eigenvalue weighted by Gasteiger charge is -2.40. The molecule has 198 valence electrons. The van der Waals surface area contributed by atoms with Crippen molar-refractivity contribution < 1.29 is 24.2 Å². The van der Waals surface area contributed by atoms with Gasteiger partial charge in [0, 0.05) is 37.1 Å². The maximum absolute atomic E-state index is 14.1. The predicted molar refractivity (Wildman–Crippen MR) is 142 cm³/mol. The first-order valence-electron chi connectivity index (χ1n) is 12.9. The van der Waals surface area contributed by atoms with Crippen molar-refractivity contribution in [3.05, 3.63) is 15.3 Å². The van der Waals surface area contributed by atoms with Gasteiger partial charge in [-0.05, 0) is 72.1 Å². The van der Waals surface area contributed by atoms with E-state index in [0.717, 1.165) is 43.4 Å². The van der Waals surface area contributed by atoms with Gasteiger partial charge >= 0.3 is 5.97 Å². The molecule has 2 heterocycles. The number of aromatic carboxylic acids is 1. The largest absolute Gasteiger partial charge is 0.477 e. The number of ether oxygens (including phenoxy) is 1. The average molecular weight is 517 g/mol.